The lowest BCUT2D eigenvalue weighted by Crippen LogP contribution is -2.25. The SMILES string of the molecule is O=[N+]([O-])C1=CC=CC2=CNON21. The van der Waals surface area contributed by atoms with Crippen molar-refractivity contribution in [1.82, 2.24) is 10.5 Å². The Balaban J connectivity index is 2.36. The van der Waals surface area contributed by atoms with Crippen molar-refractivity contribution in [1.29, 1.82) is 0 Å². The Labute approximate surface area is 67.5 Å². The van der Waals surface area contributed by atoms with Crippen LogP contribution in [0, 0.1) is 10.1 Å². The molecule has 0 saturated heterocycles. The van der Waals surface area contributed by atoms with Crippen LogP contribution in [-0.4, -0.2) is 9.99 Å². The van der Waals surface area contributed by atoms with Crippen LogP contribution < -0.4 is 5.48 Å². The van der Waals surface area contributed by atoms with Gasteiger partial charge in [-0.15, -0.1) is 0 Å². The van der Waals surface area contributed by atoms with E-state index in [-0.39, 0.29) is 5.82 Å². The average Bonchev–Trinajstić information content (AvgIpc) is 2.49. The maximum Gasteiger partial charge on any atom is 0.355 e. The van der Waals surface area contributed by atoms with Crippen LogP contribution in [0.4, 0.5) is 0 Å². The zero-order chi connectivity index (χ0) is 8.55. The van der Waals surface area contributed by atoms with Gasteiger partial charge in [-0.3, -0.25) is 0 Å². The van der Waals surface area contributed by atoms with Gasteiger partial charge in [0.25, 0.3) is 0 Å². The summed E-state index contributed by atoms with van der Waals surface area (Å²) in [6.07, 6.45) is 6.20. The van der Waals surface area contributed by atoms with Crippen molar-refractivity contribution in [2.75, 3.05) is 0 Å². The molecular weight excluding hydrogens is 162 g/mol. The van der Waals surface area contributed by atoms with Gasteiger partial charge in [0, 0.05) is 6.08 Å². The van der Waals surface area contributed by atoms with Gasteiger partial charge in [-0.2, -0.15) is 0 Å². The lowest BCUT2D eigenvalue weighted by molar-refractivity contribution is -0.465. The number of hydrogen-bond acceptors (Lipinski definition) is 5. The summed E-state index contributed by atoms with van der Waals surface area (Å²) in [5.74, 6) is -0.103. The van der Waals surface area contributed by atoms with Crippen molar-refractivity contribution in [3.8, 4) is 0 Å². The summed E-state index contributed by atoms with van der Waals surface area (Å²) in [5.41, 5.74) is 3.03. The second kappa shape index (κ2) is 2.35. The minimum absolute atomic E-state index is 0.103. The summed E-state index contributed by atoms with van der Waals surface area (Å²) < 4.78 is 0. The number of nitrogens with one attached hydrogen (secondary N) is 1. The van der Waals surface area contributed by atoms with E-state index in [1.165, 1.54) is 12.3 Å². The molecule has 0 saturated carbocycles. The number of allylic oxidation sites excluding steroid dienone is 3. The number of rotatable bonds is 1. The van der Waals surface area contributed by atoms with Crippen LogP contribution in [-0.2, 0) is 4.94 Å². The monoisotopic (exact) mass is 167 g/mol. The molecule has 0 amide bonds. The van der Waals surface area contributed by atoms with E-state index in [0.29, 0.717) is 5.70 Å². The van der Waals surface area contributed by atoms with Gasteiger partial charge in [0.05, 0.1) is 6.20 Å². The predicted octanol–water partition coefficient (Wildman–Crippen LogP) is 0.267. The zero-order valence-electron chi connectivity index (χ0n) is 5.93. The Morgan fingerprint density at radius 3 is 3.25 bits per heavy atom. The molecule has 12 heavy (non-hydrogen) atoms. The lowest BCUT2D eigenvalue weighted by Gasteiger charge is -2.11. The highest BCUT2D eigenvalue weighted by Gasteiger charge is 2.32. The summed E-state index contributed by atoms with van der Waals surface area (Å²) in [6, 6.07) is 0. The summed E-state index contributed by atoms with van der Waals surface area (Å²) in [4.78, 5) is 14.7. The molecule has 0 radical (unpaired) electrons. The third-order valence-electron chi connectivity index (χ3n) is 1.49. The quantitative estimate of drug-likeness (QED) is 0.448. The van der Waals surface area contributed by atoms with E-state index in [1.54, 1.807) is 12.2 Å². The van der Waals surface area contributed by atoms with Gasteiger partial charge in [-0.1, -0.05) is 4.94 Å². The molecule has 62 valence electrons. The lowest BCUT2D eigenvalue weighted by atomic mass is 10.3. The van der Waals surface area contributed by atoms with Crippen LogP contribution in [0.2, 0.25) is 0 Å². The zero-order valence-corrected chi connectivity index (χ0v) is 5.93. The van der Waals surface area contributed by atoms with Crippen LogP contribution in [0.3, 0.4) is 0 Å². The molecule has 2 heterocycles. The Kier molecular flexibility index (Phi) is 1.34. The van der Waals surface area contributed by atoms with Gasteiger partial charge in [-0.25, -0.2) is 5.48 Å². The summed E-state index contributed by atoms with van der Waals surface area (Å²) in [6.45, 7) is 0. The van der Waals surface area contributed by atoms with Gasteiger partial charge < -0.3 is 10.1 Å². The second-order valence-electron chi connectivity index (χ2n) is 2.21. The van der Waals surface area contributed by atoms with E-state index in [2.05, 4.69) is 5.48 Å². The molecule has 0 aliphatic carbocycles. The molecule has 2 rings (SSSR count). The predicted molar refractivity (Wildman–Crippen MR) is 38.4 cm³/mol. The molecule has 6 heteroatoms. The van der Waals surface area contributed by atoms with Crippen molar-refractivity contribution >= 4 is 0 Å². The van der Waals surface area contributed by atoms with Crippen LogP contribution in [0.1, 0.15) is 0 Å². The fourth-order valence-electron chi connectivity index (χ4n) is 0.981. The molecular formula is C6H5N3O3. The molecule has 2 aliphatic heterocycles. The minimum Gasteiger partial charge on any atom is -0.358 e. The molecule has 0 bridgehead atoms. The van der Waals surface area contributed by atoms with E-state index >= 15 is 0 Å². The first-order valence-electron chi connectivity index (χ1n) is 3.24. The Morgan fingerprint density at radius 1 is 1.67 bits per heavy atom. The number of fused-ring (bicyclic) bond motifs is 1. The van der Waals surface area contributed by atoms with Gasteiger partial charge in [0.15, 0.2) is 5.70 Å². The van der Waals surface area contributed by atoms with Crippen molar-refractivity contribution in [2.24, 2.45) is 0 Å². The minimum atomic E-state index is -0.510. The van der Waals surface area contributed by atoms with Crippen molar-refractivity contribution in [3.05, 3.63) is 46.1 Å². The van der Waals surface area contributed by atoms with Crippen molar-refractivity contribution < 1.29 is 9.86 Å². The number of hydroxylamine groups is 3. The third kappa shape index (κ3) is 0.857. The smallest absolute Gasteiger partial charge is 0.355 e. The fourth-order valence-corrected chi connectivity index (χ4v) is 0.981. The Bertz CT molecular complexity index is 318. The molecule has 0 aromatic heterocycles. The maximum absolute atomic E-state index is 10.4. The standard InChI is InChI=1S/C6H5N3O3/c10-9(11)6-3-1-2-5-4-7-12-8(5)6/h1-4,7H. The van der Waals surface area contributed by atoms with Crippen LogP contribution in [0.25, 0.3) is 0 Å². The number of hydrogen-bond donors (Lipinski definition) is 1. The van der Waals surface area contributed by atoms with Gasteiger partial charge in [0.1, 0.15) is 0 Å². The van der Waals surface area contributed by atoms with Crippen molar-refractivity contribution in [3.63, 3.8) is 0 Å². The largest absolute Gasteiger partial charge is 0.358 e. The maximum atomic E-state index is 10.4. The highest BCUT2D eigenvalue weighted by molar-refractivity contribution is 5.29. The van der Waals surface area contributed by atoms with E-state index in [0.717, 1.165) is 5.06 Å². The number of nitro groups is 1. The fraction of sp³-hybridized carbons (Fsp3) is 0. The molecule has 0 aromatic carbocycles. The van der Waals surface area contributed by atoms with Crippen LogP contribution in [0.5, 0.6) is 0 Å². The van der Waals surface area contributed by atoms with E-state index in [1.807, 2.05) is 0 Å². The first-order valence-corrected chi connectivity index (χ1v) is 3.24. The molecule has 6 nitrogen and oxygen atoms in total. The van der Waals surface area contributed by atoms with Gasteiger partial charge in [-0.05, 0) is 22.1 Å². The normalized spacial score (nSPS) is 19.5. The van der Waals surface area contributed by atoms with Gasteiger partial charge >= 0.3 is 5.82 Å². The summed E-state index contributed by atoms with van der Waals surface area (Å²) in [5, 5.41) is 11.5. The number of nitrogens with zero attached hydrogens (tertiary/aromatic N) is 2. The molecule has 2 aliphatic rings. The van der Waals surface area contributed by atoms with E-state index in [4.69, 9.17) is 4.94 Å². The van der Waals surface area contributed by atoms with Gasteiger partial charge in [0.2, 0.25) is 0 Å². The van der Waals surface area contributed by atoms with E-state index in [9.17, 15) is 10.1 Å². The highest BCUT2D eigenvalue weighted by Crippen LogP contribution is 2.21. The molecule has 0 unspecified atom stereocenters. The van der Waals surface area contributed by atoms with Crippen LogP contribution in [0.15, 0.2) is 35.9 Å². The highest BCUT2D eigenvalue weighted by atomic mass is 16.8. The van der Waals surface area contributed by atoms with Crippen molar-refractivity contribution in [2.45, 2.75) is 0 Å². The molecule has 1 N–H and O–H groups in total. The second-order valence-corrected chi connectivity index (χ2v) is 2.21. The van der Waals surface area contributed by atoms with Crippen LogP contribution >= 0.6 is 0 Å². The average molecular weight is 167 g/mol. The molecule has 0 atom stereocenters. The summed E-state index contributed by atoms with van der Waals surface area (Å²) in [7, 11) is 0. The molecule has 0 fully saturated rings. The Morgan fingerprint density at radius 2 is 2.50 bits per heavy atom. The molecule has 0 spiro atoms. The molecule has 0 aromatic rings. The van der Waals surface area contributed by atoms with E-state index < -0.39 is 4.92 Å². The Hall–Kier alpha value is -1.82. The first kappa shape index (κ1) is 6.86. The first-order chi connectivity index (χ1) is 5.79. The summed E-state index contributed by atoms with van der Waals surface area (Å²) >= 11 is 0. The topological polar surface area (TPSA) is 67.6 Å². The third-order valence-corrected chi connectivity index (χ3v) is 1.49.